The highest BCUT2D eigenvalue weighted by molar-refractivity contribution is 6.31. The largest absolute Gasteiger partial charge is 0.298 e. The van der Waals surface area contributed by atoms with E-state index in [2.05, 4.69) is 4.98 Å². The number of hydrogen-bond donors (Lipinski definition) is 0. The number of aldehydes is 1. The van der Waals surface area contributed by atoms with Crippen molar-refractivity contribution in [3.05, 3.63) is 28.5 Å². The van der Waals surface area contributed by atoms with Gasteiger partial charge in [-0.25, -0.2) is 4.98 Å². The van der Waals surface area contributed by atoms with E-state index in [0.29, 0.717) is 6.29 Å². The molecule has 1 heterocycles. The van der Waals surface area contributed by atoms with Gasteiger partial charge in [0.05, 0.1) is 11.1 Å². The molecule has 54 valence electrons. The lowest BCUT2D eigenvalue weighted by Gasteiger charge is -1.94. The van der Waals surface area contributed by atoms with Gasteiger partial charge in [0.25, 0.3) is 0 Å². The van der Waals surface area contributed by atoms with Crippen LogP contribution in [0.3, 0.4) is 0 Å². The number of carbonyl (C=O) groups is 1. The van der Waals surface area contributed by atoms with Gasteiger partial charge in [0.1, 0.15) is 11.2 Å². The fourth-order valence-corrected chi connectivity index (χ4v) is 0.860. The van der Waals surface area contributed by atoms with Crippen LogP contribution in [0.4, 0.5) is 0 Å². The first kappa shape index (κ1) is 7.70. The minimum atomic E-state index is 0.0686. The summed E-state index contributed by atoms with van der Waals surface area (Å²) in [6.07, 6.45) is 1.90. The normalized spacial score (nSPS) is 8.73. The van der Waals surface area contributed by atoms with Crippen LogP contribution in [0.2, 0.25) is 5.15 Å². The standard InChI is InChI=1S/C7H3ClN2O/c8-7-6(4-11)5(3-9)1-2-10-7/h1-2,4H. The lowest BCUT2D eigenvalue weighted by molar-refractivity contribution is 0.112. The zero-order chi connectivity index (χ0) is 8.27. The third kappa shape index (κ3) is 1.36. The fraction of sp³-hybridized carbons (Fsp3) is 0. The molecule has 11 heavy (non-hydrogen) atoms. The van der Waals surface area contributed by atoms with E-state index < -0.39 is 0 Å². The van der Waals surface area contributed by atoms with E-state index in [0.717, 1.165) is 0 Å². The summed E-state index contributed by atoms with van der Waals surface area (Å²) in [5, 5.41) is 8.55. The van der Waals surface area contributed by atoms with Crippen LogP contribution in [0, 0.1) is 11.3 Å². The van der Waals surface area contributed by atoms with E-state index in [9.17, 15) is 4.79 Å². The Morgan fingerprint density at radius 2 is 2.45 bits per heavy atom. The predicted molar refractivity (Wildman–Crippen MR) is 39.3 cm³/mol. The Bertz CT molecular complexity index is 330. The van der Waals surface area contributed by atoms with Crippen LogP contribution >= 0.6 is 11.6 Å². The summed E-state index contributed by atoms with van der Waals surface area (Å²) in [6, 6.07) is 3.27. The zero-order valence-corrected chi connectivity index (χ0v) is 6.17. The van der Waals surface area contributed by atoms with Crippen molar-refractivity contribution in [2.75, 3.05) is 0 Å². The highest BCUT2D eigenvalue weighted by atomic mass is 35.5. The second-order valence-electron chi connectivity index (χ2n) is 1.79. The topological polar surface area (TPSA) is 53.8 Å². The number of carbonyl (C=O) groups excluding carboxylic acids is 1. The monoisotopic (exact) mass is 166 g/mol. The van der Waals surface area contributed by atoms with E-state index in [-0.39, 0.29) is 16.3 Å². The Morgan fingerprint density at radius 3 is 2.91 bits per heavy atom. The van der Waals surface area contributed by atoms with Crippen LogP contribution in [0.15, 0.2) is 12.3 Å². The van der Waals surface area contributed by atoms with Crippen LogP contribution in [-0.4, -0.2) is 11.3 Å². The van der Waals surface area contributed by atoms with E-state index in [1.165, 1.54) is 12.3 Å². The molecule has 0 aliphatic rings. The molecular formula is C7H3ClN2O. The number of halogens is 1. The van der Waals surface area contributed by atoms with Crippen molar-refractivity contribution in [1.82, 2.24) is 4.98 Å². The first-order valence-corrected chi connectivity index (χ1v) is 3.17. The van der Waals surface area contributed by atoms with Gasteiger partial charge in [-0.15, -0.1) is 0 Å². The summed E-state index contributed by atoms with van der Waals surface area (Å²) in [5.74, 6) is 0. The van der Waals surface area contributed by atoms with Crippen molar-refractivity contribution in [2.45, 2.75) is 0 Å². The van der Waals surface area contributed by atoms with Crippen molar-refractivity contribution >= 4 is 17.9 Å². The summed E-state index contributed by atoms with van der Waals surface area (Å²) in [4.78, 5) is 14.0. The molecule has 0 aliphatic carbocycles. The number of rotatable bonds is 1. The molecule has 0 saturated heterocycles. The molecule has 1 aromatic heterocycles. The number of pyridine rings is 1. The number of nitrogens with zero attached hydrogens (tertiary/aromatic N) is 2. The van der Waals surface area contributed by atoms with Crippen molar-refractivity contribution in [3.63, 3.8) is 0 Å². The first-order chi connectivity index (χ1) is 5.29. The molecule has 0 N–H and O–H groups in total. The average molecular weight is 167 g/mol. The van der Waals surface area contributed by atoms with Crippen LogP contribution in [0.5, 0.6) is 0 Å². The highest BCUT2D eigenvalue weighted by Crippen LogP contribution is 2.13. The quantitative estimate of drug-likeness (QED) is 0.468. The Kier molecular flexibility index (Phi) is 2.19. The molecule has 0 aromatic carbocycles. The van der Waals surface area contributed by atoms with Crippen LogP contribution in [0.25, 0.3) is 0 Å². The Balaban J connectivity index is 3.38. The lowest BCUT2D eigenvalue weighted by atomic mass is 10.2. The fourth-order valence-electron chi connectivity index (χ4n) is 0.657. The van der Waals surface area contributed by atoms with Gasteiger partial charge in [-0.05, 0) is 6.07 Å². The Labute approximate surface area is 68.2 Å². The van der Waals surface area contributed by atoms with Crippen molar-refractivity contribution in [3.8, 4) is 6.07 Å². The van der Waals surface area contributed by atoms with Gasteiger partial charge in [0, 0.05) is 6.20 Å². The average Bonchev–Trinajstić information content (AvgIpc) is 2.04. The second kappa shape index (κ2) is 3.13. The summed E-state index contributed by atoms with van der Waals surface area (Å²) < 4.78 is 0. The summed E-state index contributed by atoms with van der Waals surface area (Å²) >= 11 is 5.51. The molecule has 0 unspecified atom stereocenters. The lowest BCUT2D eigenvalue weighted by Crippen LogP contribution is -1.90. The van der Waals surface area contributed by atoms with E-state index >= 15 is 0 Å². The molecule has 0 fully saturated rings. The smallest absolute Gasteiger partial charge is 0.154 e. The molecule has 0 aliphatic heterocycles. The molecule has 0 amide bonds. The SMILES string of the molecule is N#Cc1ccnc(Cl)c1C=O. The van der Waals surface area contributed by atoms with Crippen LogP contribution in [-0.2, 0) is 0 Å². The van der Waals surface area contributed by atoms with Gasteiger partial charge >= 0.3 is 0 Å². The van der Waals surface area contributed by atoms with Crippen LogP contribution in [0.1, 0.15) is 15.9 Å². The Morgan fingerprint density at radius 1 is 1.73 bits per heavy atom. The summed E-state index contributed by atoms with van der Waals surface area (Å²) in [5.41, 5.74) is 0.400. The molecule has 0 bridgehead atoms. The van der Waals surface area contributed by atoms with E-state index in [4.69, 9.17) is 16.9 Å². The maximum Gasteiger partial charge on any atom is 0.154 e. The molecule has 1 rings (SSSR count). The minimum Gasteiger partial charge on any atom is -0.298 e. The maximum atomic E-state index is 10.3. The third-order valence-corrected chi connectivity index (χ3v) is 1.48. The number of aromatic nitrogens is 1. The van der Waals surface area contributed by atoms with Gasteiger partial charge in [-0.1, -0.05) is 11.6 Å². The van der Waals surface area contributed by atoms with Gasteiger partial charge in [-0.3, -0.25) is 4.79 Å². The van der Waals surface area contributed by atoms with Gasteiger partial charge in [0.15, 0.2) is 6.29 Å². The number of nitriles is 1. The van der Waals surface area contributed by atoms with Gasteiger partial charge < -0.3 is 0 Å². The van der Waals surface area contributed by atoms with E-state index in [1.807, 2.05) is 6.07 Å². The predicted octanol–water partition coefficient (Wildman–Crippen LogP) is 1.42. The molecule has 3 nitrogen and oxygen atoms in total. The number of hydrogen-bond acceptors (Lipinski definition) is 3. The molecule has 0 spiro atoms. The third-order valence-electron chi connectivity index (χ3n) is 1.18. The van der Waals surface area contributed by atoms with Gasteiger partial charge in [0.2, 0.25) is 0 Å². The van der Waals surface area contributed by atoms with Crippen molar-refractivity contribution in [2.24, 2.45) is 0 Å². The minimum absolute atomic E-state index is 0.0686. The summed E-state index contributed by atoms with van der Waals surface area (Å²) in [7, 11) is 0. The van der Waals surface area contributed by atoms with Gasteiger partial charge in [-0.2, -0.15) is 5.26 Å². The molecule has 1 aromatic rings. The molecule has 0 saturated carbocycles. The molecule has 4 heteroatoms. The molecular weight excluding hydrogens is 164 g/mol. The molecule has 0 radical (unpaired) electrons. The molecule has 0 atom stereocenters. The Hall–Kier alpha value is -1.40. The maximum absolute atomic E-state index is 10.3. The van der Waals surface area contributed by atoms with E-state index in [1.54, 1.807) is 0 Å². The zero-order valence-electron chi connectivity index (χ0n) is 5.41. The van der Waals surface area contributed by atoms with Crippen molar-refractivity contribution in [1.29, 1.82) is 5.26 Å². The van der Waals surface area contributed by atoms with Crippen LogP contribution < -0.4 is 0 Å². The highest BCUT2D eigenvalue weighted by Gasteiger charge is 2.04. The summed E-state index contributed by atoms with van der Waals surface area (Å²) in [6.45, 7) is 0. The first-order valence-electron chi connectivity index (χ1n) is 2.79. The van der Waals surface area contributed by atoms with Crippen molar-refractivity contribution < 1.29 is 4.79 Å². The second-order valence-corrected chi connectivity index (χ2v) is 2.15.